The van der Waals surface area contributed by atoms with Gasteiger partial charge in [0.15, 0.2) is 5.69 Å². The largest absolute Gasteiger partial charge is 0.379 e. The number of morpholine rings is 1. The van der Waals surface area contributed by atoms with Crippen LogP contribution in [0.2, 0.25) is 0 Å². The maximum absolute atomic E-state index is 13.2. The molecule has 35 heavy (non-hydrogen) atoms. The number of carbonyl (C=O) groups is 3. The predicted octanol–water partition coefficient (Wildman–Crippen LogP) is 0.804. The molecule has 3 heterocycles. The first kappa shape index (κ1) is 24.9. The molecule has 188 valence electrons. The molecule has 0 radical (unpaired) electrons. The van der Waals surface area contributed by atoms with Gasteiger partial charge < -0.3 is 20.3 Å². The van der Waals surface area contributed by atoms with E-state index in [2.05, 4.69) is 20.6 Å². The molecule has 0 saturated carbocycles. The number of benzene rings is 1. The Balaban J connectivity index is 1.32. The van der Waals surface area contributed by atoms with Crippen LogP contribution in [0.4, 0.5) is 0 Å². The van der Waals surface area contributed by atoms with Gasteiger partial charge in [-0.2, -0.15) is 5.10 Å². The lowest BCUT2D eigenvalue weighted by atomic mass is 10.1. The van der Waals surface area contributed by atoms with Gasteiger partial charge in [0, 0.05) is 51.9 Å². The standard InChI is InChI=1S/C25H34N6O4/c1-18-4-6-20(7-5-18)17-30-9-3-10-31-22(25(30)34)16-21(28-31)24(33)27-19(2)23(32)26-8-11-29-12-14-35-15-13-29/h4-7,16,19H,3,8-15,17H2,1-2H3,(H,26,32)(H,27,33). The molecule has 3 amide bonds. The molecule has 10 nitrogen and oxygen atoms in total. The van der Waals surface area contributed by atoms with Crippen LogP contribution in [0.3, 0.4) is 0 Å². The number of nitrogens with zero attached hydrogens (tertiary/aromatic N) is 4. The highest BCUT2D eigenvalue weighted by atomic mass is 16.5. The first-order valence-electron chi connectivity index (χ1n) is 12.2. The van der Waals surface area contributed by atoms with Crippen molar-refractivity contribution in [1.82, 2.24) is 30.2 Å². The maximum Gasteiger partial charge on any atom is 0.272 e. The molecule has 1 saturated heterocycles. The van der Waals surface area contributed by atoms with Crippen molar-refractivity contribution in [2.45, 2.75) is 39.4 Å². The van der Waals surface area contributed by atoms with Crippen molar-refractivity contribution in [3.05, 3.63) is 52.8 Å². The smallest absolute Gasteiger partial charge is 0.272 e. The van der Waals surface area contributed by atoms with Crippen molar-refractivity contribution in [1.29, 1.82) is 0 Å². The Morgan fingerprint density at radius 3 is 2.60 bits per heavy atom. The first-order chi connectivity index (χ1) is 16.9. The van der Waals surface area contributed by atoms with E-state index >= 15 is 0 Å². The van der Waals surface area contributed by atoms with Gasteiger partial charge in [-0.15, -0.1) is 0 Å². The van der Waals surface area contributed by atoms with Crippen LogP contribution in [-0.2, 0) is 22.6 Å². The third-order valence-electron chi connectivity index (χ3n) is 6.38. The molecule has 1 aromatic heterocycles. The quantitative estimate of drug-likeness (QED) is 0.576. The fourth-order valence-corrected chi connectivity index (χ4v) is 4.26. The molecule has 2 aromatic rings. The van der Waals surface area contributed by atoms with Crippen LogP contribution >= 0.6 is 0 Å². The van der Waals surface area contributed by atoms with Gasteiger partial charge in [-0.05, 0) is 25.8 Å². The van der Waals surface area contributed by atoms with Crippen LogP contribution in [0, 0.1) is 6.92 Å². The molecule has 1 unspecified atom stereocenters. The van der Waals surface area contributed by atoms with Crippen molar-refractivity contribution in [3.8, 4) is 0 Å². The van der Waals surface area contributed by atoms with E-state index < -0.39 is 11.9 Å². The number of nitrogens with one attached hydrogen (secondary N) is 2. The van der Waals surface area contributed by atoms with Gasteiger partial charge in [-0.25, -0.2) is 0 Å². The highest BCUT2D eigenvalue weighted by Crippen LogP contribution is 2.17. The Morgan fingerprint density at radius 1 is 1.11 bits per heavy atom. The third kappa shape index (κ3) is 6.46. The second-order valence-electron chi connectivity index (χ2n) is 9.14. The average Bonchev–Trinajstić information content (AvgIpc) is 3.23. The van der Waals surface area contributed by atoms with Gasteiger partial charge in [0.05, 0.1) is 13.2 Å². The van der Waals surface area contributed by atoms with Crippen LogP contribution in [0.25, 0.3) is 0 Å². The first-order valence-corrected chi connectivity index (χ1v) is 12.2. The number of rotatable bonds is 8. The summed E-state index contributed by atoms with van der Waals surface area (Å²) in [7, 11) is 0. The van der Waals surface area contributed by atoms with E-state index in [0.717, 1.165) is 31.6 Å². The Kier molecular flexibility index (Phi) is 8.14. The summed E-state index contributed by atoms with van der Waals surface area (Å²) in [5.74, 6) is -0.879. The summed E-state index contributed by atoms with van der Waals surface area (Å²) in [6.45, 7) is 9.72. The van der Waals surface area contributed by atoms with Crippen LogP contribution < -0.4 is 10.6 Å². The lowest BCUT2D eigenvalue weighted by Gasteiger charge is -2.26. The monoisotopic (exact) mass is 482 g/mol. The molecular weight excluding hydrogens is 448 g/mol. The highest BCUT2D eigenvalue weighted by molar-refractivity contribution is 5.99. The zero-order valence-corrected chi connectivity index (χ0v) is 20.5. The molecule has 0 aliphatic carbocycles. The van der Waals surface area contributed by atoms with Crippen molar-refractivity contribution < 1.29 is 19.1 Å². The fourth-order valence-electron chi connectivity index (χ4n) is 4.26. The van der Waals surface area contributed by atoms with Gasteiger partial charge in [-0.3, -0.25) is 24.0 Å². The predicted molar refractivity (Wildman–Crippen MR) is 130 cm³/mol. The number of carbonyl (C=O) groups excluding carboxylic acids is 3. The van der Waals surface area contributed by atoms with Crippen LogP contribution in [0.1, 0.15) is 45.4 Å². The number of fused-ring (bicyclic) bond motifs is 1. The third-order valence-corrected chi connectivity index (χ3v) is 6.38. The summed E-state index contributed by atoms with van der Waals surface area (Å²) >= 11 is 0. The number of aromatic nitrogens is 2. The second-order valence-corrected chi connectivity index (χ2v) is 9.14. The molecule has 1 fully saturated rings. The van der Waals surface area contributed by atoms with Crippen molar-refractivity contribution in [3.63, 3.8) is 0 Å². The van der Waals surface area contributed by atoms with E-state index in [-0.39, 0.29) is 17.5 Å². The van der Waals surface area contributed by atoms with Crippen molar-refractivity contribution >= 4 is 17.7 Å². The molecule has 2 N–H and O–H groups in total. The molecule has 2 aliphatic rings. The number of ether oxygens (including phenoxy) is 1. The number of hydrogen-bond acceptors (Lipinski definition) is 6. The van der Waals surface area contributed by atoms with Gasteiger partial charge in [-0.1, -0.05) is 29.8 Å². The summed E-state index contributed by atoms with van der Waals surface area (Å²) < 4.78 is 6.92. The molecular formula is C25H34N6O4. The highest BCUT2D eigenvalue weighted by Gasteiger charge is 2.27. The Bertz CT molecular complexity index is 1040. The Labute approximate surface area is 205 Å². The molecule has 1 aromatic carbocycles. The number of hydrogen-bond donors (Lipinski definition) is 2. The summed E-state index contributed by atoms with van der Waals surface area (Å²) in [6, 6.07) is 8.92. The summed E-state index contributed by atoms with van der Waals surface area (Å²) in [5.41, 5.74) is 2.76. The van der Waals surface area contributed by atoms with Crippen LogP contribution in [-0.4, -0.2) is 89.3 Å². The molecule has 4 rings (SSSR count). The molecule has 0 spiro atoms. The summed E-state index contributed by atoms with van der Waals surface area (Å²) in [5, 5.41) is 9.91. The zero-order valence-electron chi connectivity index (χ0n) is 20.5. The lowest BCUT2D eigenvalue weighted by molar-refractivity contribution is -0.122. The normalized spacial score (nSPS) is 17.4. The topological polar surface area (TPSA) is 109 Å². The van der Waals surface area contributed by atoms with Crippen LogP contribution in [0.5, 0.6) is 0 Å². The van der Waals surface area contributed by atoms with Gasteiger partial charge >= 0.3 is 0 Å². The van der Waals surface area contributed by atoms with Crippen molar-refractivity contribution in [2.24, 2.45) is 0 Å². The van der Waals surface area contributed by atoms with Gasteiger partial charge in [0.25, 0.3) is 11.8 Å². The minimum Gasteiger partial charge on any atom is -0.379 e. The van der Waals surface area contributed by atoms with E-state index in [0.29, 0.717) is 45.1 Å². The minimum absolute atomic E-state index is 0.138. The Morgan fingerprint density at radius 2 is 1.86 bits per heavy atom. The fraction of sp³-hybridized carbons (Fsp3) is 0.520. The minimum atomic E-state index is -0.720. The van der Waals surface area contributed by atoms with Crippen LogP contribution in [0.15, 0.2) is 30.3 Å². The SMILES string of the molecule is Cc1ccc(CN2CCCn3nc(C(=O)NC(C)C(=O)NCCN4CCOCC4)cc3C2=O)cc1. The zero-order chi connectivity index (χ0) is 24.8. The number of amides is 3. The summed E-state index contributed by atoms with van der Waals surface area (Å²) in [6.07, 6.45) is 0.745. The second kappa shape index (κ2) is 11.5. The van der Waals surface area contributed by atoms with E-state index in [1.807, 2.05) is 31.2 Å². The van der Waals surface area contributed by atoms with E-state index in [4.69, 9.17) is 4.74 Å². The van der Waals surface area contributed by atoms with Crippen molar-refractivity contribution in [2.75, 3.05) is 45.9 Å². The summed E-state index contributed by atoms with van der Waals surface area (Å²) in [4.78, 5) is 42.4. The molecule has 1 atom stereocenters. The van der Waals surface area contributed by atoms with E-state index in [1.165, 1.54) is 11.6 Å². The molecule has 2 aliphatic heterocycles. The Hall–Kier alpha value is -3.24. The van der Waals surface area contributed by atoms with E-state index in [1.54, 1.807) is 16.5 Å². The maximum atomic E-state index is 13.2. The molecule has 10 heteroatoms. The van der Waals surface area contributed by atoms with E-state index in [9.17, 15) is 14.4 Å². The average molecular weight is 483 g/mol. The van der Waals surface area contributed by atoms with Gasteiger partial charge in [0.1, 0.15) is 11.7 Å². The lowest BCUT2D eigenvalue weighted by Crippen LogP contribution is -2.47. The van der Waals surface area contributed by atoms with Gasteiger partial charge in [0.2, 0.25) is 5.91 Å². The number of aryl methyl sites for hydroxylation is 2. The molecule has 0 bridgehead atoms.